The molecule has 1 saturated carbocycles. The van der Waals surface area contributed by atoms with Crippen molar-refractivity contribution in [2.45, 2.75) is 19.9 Å². The van der Waals surface area contributed by atoms with Gasteiger partial charge in [-0.25, -0.2) is 0 Å². The summed E-state index contributed by atoms with van der Waals surface area (Å²) < 4.78 is 5.11. The standard InChI is InChI=1S/C15H20N2O4/c1-15(2)11(12(15)14(19)20)13(18)17-10(8-21-3)9-6-4-5-7-16-9/h4-7,10-12H,8H2,1-3H3,(H,17,18)(H,19,20)/t10-,11-,12+/m0/s1. The van der Waals surface area contributed by atoms with Crippen molar-refractivity contribution in [1.82, 2.24) is 10.3 Å². The van der Waals surface area contributed by atoms with Gasteiger partial charge < -0.3 is 15.2 Å². The Morgan fingerprint density at radius 1 is 1.43 bits per heavy atom. The lowest BCUT2D eigenvalue weighted by atomic mass is 10.1. The summed E-state index contributed by atoms with van der Waals surface area (Å²) in [6.07, 6.45) is 1.64. The van der Waals surface area contributed by atoms with E-state index < -0.39 is 23.2 Å². The molecular weight excluding hydrogens is 272 g/mol. The molecule has 1 fully saturated rings. The number of nitrogens with zero attached hydrogens (tertiary/aromatic N) is 1. The van der Waals surface area contributed by atoms with Crippen LogP contribution in [-0.4, -0.2) is 35.7 Å². The van der Waals surface area contributed by atoms with E-state index in [1.165, 1.54) is 0 Å². The van der Waals surface area contributed by atoms with Crippen molar-refractivity contribution in [3.63, 3.8) is 0 Å². The maximum atomic E-state index is 12.3. The highest BCUT2D eigenvalue weighted by atomic mass is 16.5. The number of aromatic nitrogens is 1. The van der Waals surface area contributed by atoms with Gasteiger partial charge in [0.1, 0.15) is 0 Å². The molecule has 1 aliphatic carbocycles. The number of methoxy groups -OCH3 is 1. The summed E-state index contributed by atoms with van der Waals surface area (Å²) >= 11 is 0. The van der Waals surface area contributed by atoms with Crippen LogP contribution in [-0.2, 0) is 14.3 Å². The average Bonchev–Trinajstić information content (AvgIpc) is 3.02. The molecule has 0 saturated heterocycles. The van der Waals surface area contributed by atoms with Crippen molar-refractivity contribution in [2.24, 2.45) is 17.3 Å². The number of amides is 1. The normalized spacial score (nSPS) is 24.1. The fourth-order valence-electron chi connectivity index (χ4n) is 2.80. The first-order valence-electron chi connectivity index (χ1n) is 6.82. The van der Waals surface area contributed by atoms with Gasteiger partial charge in [-0.3, -0.25) is 14.6 Å². The predicted octanol–water partition coefficient (Wildman–Crippen LogP) is 1.24. The Hall–Kier alpha value is -1.95. The van der Waals surface area contributed by atoms with Crippen LogP contribution in [0.25, 0.3) is 0 Å². The minimum Gasteiger partial charge on any atom is -0.481 e. The molecular formula is C15H20N2O4. The van der Waals surface area contributed by atoms with Crippen LogP contribution in [0, 0.1) is 17.3 Å². The maximum absolute atomic E-state index is 12.3. The third-order valence-electron chi connectivity index (χ3n) is 4.07. The van der Waals surface area contributed by atoms with Gasteiger partial charge in [0, 0.05) is 13.3 Å². The molecule has 2 rings (SSSR count). The molecule has 6 nitrogen and oxygen atoms in total. The average molecular weight is 292 g/mol. The van der Waals surface area contributed by atoms with Crippen LogP contribution in [0.4, 0.5) is 0 Å². The maximum Gasteiger partial charge on any atom is 0.307 e. The molecule has 0 unspecified atom stereocenters. The van der Waals surface area contributed by atoms with E-state index in [2.05, 4.69) is 10.3 Å². The number of hydrogen-bond donors (Lipinski definition) is 2. The molecule has 0 spiro atoms. The summed E-state index contributed by atoms with van der Waals surface area (Å²) in [5, 5.41) is 12.0. The van der Waals surface area contributed by atoms with Gasteiger partial charge in [0.05, 0.1) is 30.2 Å². The highest BCUT2D eigenvalue weighted by molar-refractivity contribution is 5.91. The second-order valence-corrected chi connectivity index (χ2v) is 5.89. The molecule has 6 heteroatoms. The van der Waals surface area contributed by atoms with Crippen LogP contribution in [0.2, 0.25) is 0 Å². The fraction of sp³-hybridized carbons (Fsp3) is 0.533. The van der Waals surface area contributed by atoms with Crippen molar-refractivity contribution >= 4 is 11.9 Å². The zero-order valence-corrected chi connectivity index (χ0v) is 12.4. The summed E-state index contributed by atoms with van der Waals surface area (Å²) in [6.45, 7) is 3.87. The molecule has 1 aliphatic rings. The second kappa shape index (κ2) is 5.81. The van der Waals surface area contributed by atoms with Gasteiger partial charge in [-0.2, -0.15) is 0 Å². The first kappa shape index (κ1) is 15.4. The molecule has 3 atom stereocenters. The zero-order chi connectivity index (χ0) is 15.6. The van der Waals surface area contributed by atoms with Crippen molar-refractivity contribution < 1.29 is 19.4 Å². The number of rotatable bonds is 6. The van der Waals surface area contributed by atoms with Gasteiger partial charge in [0.15, 0.2) is 0 Å². The second-order valence-electron chi connectivity index (χ2n) is 5.89. The lowest BCUT2D eigenvalue weighted by molar-refractivity contribution is -0.140. The number of carbonyl (C=O) groups excluding carboxylic acids is 1. The van der Waals surface area contributed by atoms with Crippen LogP contribution in [0.1, 0.15) is 25.6 Å². The van der Waals surface area contributed by atoms with Gasteiger partial charge in [-0.15, -0.1) is 0 Å². The largest absolute Gasteiger partial charge is 0.481 e. The lowest BCUT2D eigenvalue weighted by Crippen LogP contribution is -2.34. The number of ether oxygens (including phenoxy) is 1. The number of carboxylic acids is 1. The number of carboxylic acid groups (broad SMARTS) is 1. The van der Waals surface area contributed by atoms with E-state index in [1.54, 1.807) is 39.3 Å². The van der Waals surface area contributed by atoms with Crippen molar-refractivity contribution in [1.29, 1.82) is 0 Å². The van der Waals surface area contributed by atoms with Gasteiger partial charge in [-0.1, -0.05) is 19.9 Å². The topological polar surface area (TPSA) is 88.5 Å². The number of aliphatic carboxylic acids is 1. The van der Waals surface area contributed by atoms with E-state index in [4.69, 9.17) is 9.84 Å². The minimum atomic E-state index is -0.929. The van der Waals surface area contributed by atoms with E-state index >= 15 is 0 Å². The summed E-state index contributed by atoms with van der Waals surface area (Å²) in [5.41, 5.74) is 0.176. The molecule has 114 valence electrons. The van der Waals surface area contributed by atoms with Gasteiger partial charge in [0.2, 0.25) is 5.91 Å². The van der Waals surface area contributed by atoms with E-state index in [9.17, 15) is 9.59 Å². The summed E-state index contributed by atoms with van der Waals surface area (Å²) in [5.74, 6) is -2.34. The summed E-state index contributed by atoms with van der Waals surface area (Å²) in [4.78, 5) is 27.7. The predicted molar refractivity (Wildman–Crippen MR) is 75.4 cm³/mol. The van der Waals surface area contributed by atoms with Crippen molar-refractivity contribution in [3.8, 4) is 0 Å². The molecule has 2 N–H and O–H groups in total. The van der Waals surface area contributed by atoms with Crippen molar-refractivity contribution in [2.75, 3.05) is 13.7 Å². The van der Waals surface area contributed by atoms with Crippen LogP contribution in [0.15, 0.2) is 24.4 Å². The number of carbonyl (C=O) groups is 2. The third kappa shape index (κ3) is 3.05. The third-order valence-corrected chi connectivity index (χ3v) is 4.07. The Labute approximate surface area is 123 Å². The first-order chi connectivity index (χ1) is 9.89. The number of pyridine rings is 1. The molecule has 0 radical (unpaired) electrons. The zero-order valence-electron chi connectivity index (χ0n) is 12.4. The quantitative estimate of drug-likeness (QED) is 0.823. The summed E-state index contributed by atoms with van der Waals surface area (Å²) in [7, 11) is 1.54. The lowest BCUT2D eigenvalue weighted by Gasteiger charge is -2.17. The highest BCUT2D eigenvalue weighted by Gasteiger charge is 2.66. The van der Waals surface area contributed by atoms with Crippen LogP contribution in [0.5, 0.6) is 0 Å². The molecule has 21 heavy (non-hydrogen) atoms. The Kier molecular flexibility index (Phi) is 4.27. The number of nitrogens with one attached hydrogen (secondary N) is 1. The Balaban J connectivity index is 2.08. The van der Waals surface area contributed by atoms with Gasteiger partial charge >= 0.3 is 5.97 Å². The van der Waals surface area contributed by atoms with Crippen LogP contribution < -0.4 is 5.32 Å². The van der Waals surface area contributed by atoms with Crippen LogP contribution in [0.3, 0.4) is 0 Å². The van der Waals surface area contributed by atoms with E-state index in [-0.39, 0.29) is 18.6 Å². The SMILES string of the molecule is COC[C@H](NC(=O)[C@@H]1[C@H](C(=O)O)C1(C)C)c1ccccn1. The molecule has 0 aromatic carbocycles. The smallest absolute Gasteiger partial charge is 0.307 e. The van der Waals surface area contributed by atoms with Gasteiger partial charge in [0.25, 0.3) is 0 Å². The van der Waals surface area contributed by atoms with Crippen LogP contribution >= 0.6 is 0 Å². The molecule has 1 amide bonds. The number of hydrogen-bond acceptors (Lipinski definition) is 4. The Morgan fingerprint density at radius 3 is 2.62 bits per heavy atom. The van der Waals surface area contributed by atoms with Crippen molar-refractivity contribution in [3.05, 3.63) is 30.1 Å². The highest BCUT2D eigenvalue weighted by Crippen LogP contribution is 2.58. The molecule has 0 aliphatic heterocycles. The minimum absolute atomic E-state index is 0.264. The van der Waals surface area contributed by atoms with Gasteiger partial charge in [-0.05, 0) is 17.5 Å². The molecule has 1 heterocycles. The molecule has 1 aromatic heterocycles. The Bertz CT molecular complexity index is 530. The van der Waals surface area contributed by atoms with E-state index in [0.29, 0.717) is 5.69 Å². The first-order valence-corrected chi connectivity index (χ1v) is 6.82. The van der Waals surface area contributed by atoms with E-state index in [0.717, 1.165) is 0 Å². The monoisotopic (exact) mass is 292 g/mol. The summed E-state index contributed by atoms with van der Waals surface area (Å²) in [6, 6.07) is 5.05. The molecule has 0 bridgehead atoms. The fourth-order valence-corrected chi connectivity index (χ4v) is 2.80. The van der Waals surface area contributed by atoms with E-state index in [1.807, 2.05) is 6.07 Å². The molecule has 1 aromatic rings. The Morgan fingerprint density at radius 2 is 2.14 bits per heavy atom.